The minimum Gasteiger partial charge on any atom is -0.366 e. The number of ether oxygens (including phenoxy) is 1. The van der Waals surface area contributed by atoms with Gasteiger partial charge < -0.3 is 10.1 Å². The summed E-state index contributed by atoms with van der Waals surface area (Å²) in [7, 11) is 2.01. The van der Waals surface area contributed by atoms with Gasteiger partial charge in [0.1, 0.15) is 6.61 Å². The smallest absolute Gasteiger partial charge is 0.318 e. The summed E-state index contributed by atoms with van der Waals surface area (Å²) in [6, 6.07) is 0.148. The number of quaternary nitrogens is 1. The Morgan fingerprint density at radius 1 is 1.09 bits per heavy atom. The Hall–Kier alpha value is -0.940. The lowest BCUT2D eigenvalue weighted by Gasteiger charge is -2.41. The average Bonchev–Trinajstić information content (AvgIpc) is 2.37. The van der Waals surface area contributed by atoms with Crippen LogP contribution >= 0.6 is 0 Å². The van der Waals surface area contributed by atoms with E-state index in [4.69, 9.17) is 4.74 Å². The minimum absolute atomic E-state index is 0.0711. The van der Waals surface area contributed by atoms with Gasteiger partial charge in [-0.3, -0.25) is 9.28 Å². The molecule has 0 saturated carbocycles. The lowest BCUT2D eigenvalue weighted by Crippen LogP contribution is -2.60. The van der Waals surface area contributed by atoms with Crippen LogP contribution in [0.5, 0.6) is 0 Å². The summed E-state index contributed by atoms with van der Waals surface area (Å²) in [4.78, 5) is 24.5. The van der Waals surface area contributed by atoms with E-state index in [1.165, 1.54) is 0 Å². The molecule has 0 aliphatic carbocycles. The highest BCUT2D eigenvalue weighted by molar-refractivity contribution is 5.77. The molecule has 5 nitrogen and oxygen atoms in total. The van der Waals surface area contributed by atoms with Crippen molar-refractivity contribution in [1.29, 1.82) is 0 Å². The molecule has 5 heteroatoms. The van der Waals surface area contributed by atoms with Gasteiger partial charge in [0.25, 0.3) is 0 Å². The van der Waals surface area contributed by atoms with Gasteiger partial charge in [-0.1, -0.05) is 0 Å². The van der Waals surface area contributed by atoms with E-state index in [-0.39, 0.29) is 35.5 Å². The molecule has 1 aliphatic rings. The zero-order valence-electron chi connectivity index (χ0n) is 15.3. The maximum absolute atomic E-state index is 12.5. The number of rotatable bonds is 3. The summed E-state index contributed by atoms with van der Waals surface area (Å²) in [6.45, 7) is 13.4. The van der Waals surface area contributed by atoms with Crippen LogP contribution < -0.4 is 5.32 Å². The van der Waals surface area contributed by atoms with E-state index in [1.54, 1.807) is 0 Å². The number of amides is 2. The molecule has 1 fully saturated rings. The normalized spacial score (nSPS) is 26.6. The van der Waals surface area contributed by atoms with Crippen LogP contribution in [0.3, 0.4) is 0 Å². The predicted molar refractivity (Wildman–Crippen MR) is 87.3 cm³/mol. The van der Waals surface area contributed by atoms with Crippen LogP contribution in [0.15, 0.2) is 0 Å². The number of likely N-dealkylation sites (tertiary alicyclic amines) is 1. The predicted octanol–water partition coefficient (Wildman–Crippen LogP) is 2.10. The van der Waals surface area contributed by atoms with Crippen LogP contribution in [0.1, 0.15) is 54.4 Å². The van der Waals surface area contributed by atoms with E-state index in [0.29, 0.717) is 4.48 Å². The summed E-state index contributed by atoms with van der Waals surface area (Å²) in [6.07, 6.45) is 1.67. The lowest BCUT2D eigenvalue weighted by molar-refractivity contribution is -0.843. The molecule has 22 heavy (non-hydrogen) atoms. The molecular weight excluding hydrogens is 280 g/mol. The second-order valence-corrected chi connectivity index (χ2v) is 8.64. The number of nitrogens with one attached hydrogen (secondary N) is 1. The Morgan fingerprint density at radius 2 is 1.59 bits per heavy atom. The highest BCUT2D eigenvalue weighted by Gasteiger charge is 2.43. The zero-order valence-corrected chi connectivity index (χ0v) is 15.3. The first-order valence-corrected chi connectivity index (χ1v) is 8.16. The first-order chi connectivity index (χ1) is 9.83. The van der Waals surface area contributed by atoms with Gasteiger partial charge in [-0.2, -0.15) is 0 Å². The van der Waals surface area contributed by atoms with Crippen LogP contribution in [-0.2, 0) is 14.3 Å². The van der Waals surface area contributed by atoms with Gasteiger partial charge in [-0.25, -0.2) is 4.79 Å². The van der Waals surface area contributed by atoms with Crippen molar-refractivity contribution < 1.29 is 18.8 Å². The monoisotopic (exact) mass is 313 g/mol. The van der Waals surface area contributed by atoms with Crippen LogP contribution in [0.25, 0.3) is 0 Å². The van der Waals surface area contributed by atoms with Crippen molar-refractivity contribution >= 4 is 11.8 Å². The van der Waals surface area contributed by atoms with Gasteiger partial charge in [0, 0.05) is 18.9 Å². The van der Waals surface area contributed by atoms with E-state index >= 15 is 0 Å². The second kappa shape index (κ2) is 6.67. The SMILES string of the molecule is CC(C)(C)OCC(=O)NC1CC[N+](C)(C(=O)C(C)(C)C)CC1. The highest BCUT2D eigenvalue weighted by Crippen LogP contribution is 2.26. The van der Waals surface area contributed by atoms with Crippen molar-refractivity contribution in [3.63, 3.8) is 0 Å². The number of hydrogen-bond donors (Lipinski definition) is 1. The number of hydrogen-bond acceptors (Lipinski definition) is 3. The van der Waals surface area contributed by atoms with Crippen molar-refractivity contribution in [3.8, 4) is 0 Å². The Kier molecular flexibility index (Phi) is 5.79. The van der Waals surface area contributed by atoms with Crippen molar-refractivity contribution in [3.05, 3.63) is 0 Å². The quantitative estimate of drug-likeness (QED) is 0.812. The summed E-state index contributed by atoms with van der Waals surface area (Å²) in [5.74, 6) is 0.200. The van der Waals surface area contributed by atoms with E-state index in [0.717, 1.165) is 25.9 Å². The Bertz CT molecular complexity index is 411. The molecule has 1 rings (SSSR count). The van der Waals surface area contributed by atoms with E-state index in [9.17, 15) is 9.59 Å². The first kappa shape index (κ1) is 19.1. The Balaban J connectivity index is 2.46. The fourth-order valence-corrected chi connectivity index (χ4v) is 2.85. The maximum atomic E-state index is 12.5. The number of carbonyl (C=O) groups excluding carboxylic acids is 2. The van der Waals surface area contributed by atoms with Crippen LogP contribution in [0.4, 0.5) is 0 Å². The fraction of sp³-hybridized carbons (Fsp3) is 0.882. The van der Waals surface area contributed by atoms with Crippen LogP contribution in [0, 0.1) is 5.41 Å². The molecule has 1 saturated heterocycles. The standard InChI is InChI=1S/C17H32N2O3/c1-16(2,3)15(21)19(7)10-8-13(9-11-19)18-14(20)12-22-17(4,5)6/h13H,8-12H2,1-7H3/p+1. The Morgan fingerprint density at radius 3 is 2.00 bits per heavy atom. The average molecular weight is 313 g/mol. The minimum atomic E-state index is -0.328. The van der Waals surface area contributed by atoms with E-state index in [2.05, 4.69) is 5.32 Å². The van der Waals surface area contributed by atoms with E-state index < -0.39 is 0 Å². The molecule has 1 N–H and O–H groups in total. The third kappa shape index (κ3) is 5.69. The second-order valence-electron chi connectivity index (χ2n) is 8.64. The topological polar surface area (TPSA) is 55.4 Å². The molecule has 2 amide bonds. The maximum Gasteiger partial charge on any atom is 0.318 e. The molecule has 128 valence electrons. The molecule has 0 aromatic heterocycles. The third-order valence-electron chi connectivity index (χ3n) is 4.08. The van der Waals surface area contributed by atoms with Crippen LogP contribution in [0.2, 0.25) is 0 Å². The van der Waals surface area contributed by atoms with Crippen molar-refractivity contribution in [2.75, 3.05) is 26.7 Å². The van der Waals surface area contributed by atoms with Gasteiger partial charge in [0.15, 0.2) is 0 Å². The highest BCUT2D eigenvalue weighted by atomic mass is 16.5. The van der Waals surface area contributed by atoms with Gasteiger partial charge >= 0.3 is 5.91 Å². The Labute approximate surface area is 135 Å². The summed E-state index contributed by atoms with van der Waals surface area (Å²) < 4.78 is 5.95. The molecule has 0 atom stereocenters. The molecule has 0 unspecified atom stereocenters. The van der Waals surface area contributed by atoms with Gasteiger partial charge in [-0.15, -0.1) is 0 Å². The fourth-order valence-electron chi connectivity index (χ4n) is 2.85. The molecule has 1 aliphatic heterocycles. The van der Waals surface area contributed by atoms with Crippen molar-refractivity contribution in [2.45, 2.75) is 66.0 Å². The molecule has 0 bridgehead atoms. The van der Waals surface area contributed by atoms with Crippen LogP contribution in [-0.4, -0.2) is 54.7 Å². The van der Waals surface area contributed by atoms with Crippen molar-refractivity contribution in [1.82, 2.24) is 5.32 Å². The molecule has 0 spiro atoms. The third-order valence-corrected chi connectivity index (χ3v) is 4.08. The zero-order chi connectivity index (χ0) is 17.2. The summed E-state index contributed by atoms with van der Waals surface area (Å²) in [5, 5.41) is 3.02. The molecule has 0 aromatic carbocycles. The molecular formula is C17H33N2O3+. The van der Waals surface area contributed by atoms with Crippen molar-refractivity contribution in [2.24, 2.45) is 5.41 Å². The molecule has 0 radical (unpaired) electrons. The first-order valence-electron chi connectivity index (χ1n) is 8.16. The molecule has 0 aromatic rings. The largest absolute Gasteiger partial charge is 0.366 e. The molecule has 1 heterocycles. The summed E-state index contributed by atoms with van der Waals surface area (Å²) >= 11 is 0. The number of nitrogens with zero attached hydrogens (tertiary/aromatic N) is 1. The number of carbonyl (C=O) groups is 2. The van der Waals surface area contributed by atoms with Gasteiger partial charge in [0.05, 0.1) is 31.2 Å². The van der Waals surface area contributed by atoms with Gasteiger partial charge in [-0.05, 0) is 41.5 Å². The number of piperidine rings is 1. The lowest BCUT2D eigenvalue weighted by atomic mass is 9.91. The van der Waals surface area contributed by atoms with E-state index in [1.807, 2.05) is 48.6 Å². The summed E-state index contributed by atoms with van der Waals surface area (Å²) in [5.41, 5.74) is -0.635. The van der Waals surface area contributed by atoms with Gasteiger partial charge in [0.2, 0.25) is 5.91 Å².